The number of nitrogens with one attached hydrogen (secondary N) is 1. The molecule has 1 unspecified atom stereocenters. The van der Waals surface area contributed by atoms with Gasteiger partial charge in [0, 0.05) is 8.04 Å². The molecule has 0 saturated carbocycles. The zero-order chi connectivity index (χ0) is 15.6. The summed E-state index contributed by atoms with van der Waals surface area (Å²) in [6.07, 6.45) is 0. The smallest absolute Gasteiger partial charge is 0.0585 e. The predicted octanol–water partition coefficient (Wildman–Crippen LogP) is 5.66. The van der Waals surface area contributed by atoms with Crippen LogP contribution >= 0.6 is 38.5 Å². The molecule has 1 nitrogen and oxygen atoms in total. The molecule has 1 atom stereocenters. The van der Waals surface area contributed by atoms with Crippen LogP contribution in [0.5, 0.6) is 0 Å². The zero-order valence-electron chi connectivity index (χ0n) is 12.9. The summed E-state index contributed by atoms with van der Waals surface area (Å²) in [5, 5.41) is 3.43. The molecule has 3 heteroatoms. The average Bonchev–Trinajstić information content (AvgIpc) is 2.43. The molecule has 0 fully saturated rings. The lowest BCUT2D eigenvalue weighted by Gasteiger charge is -2.22. The van der Waals surface area contributed by atoms with Crippen LogP contribution in [0.25, 0.3) is 0 Å². The van der Waals surface area contributed by atoms with Crippen LogP contribution in [0, 0.1) is 3.57 Å². The van der Waals surface area contributed by atoms with E-state index in [0.29, 0.717) is 0 Å². The molecule has 0 spiro atoms. The van der Waals surface area contributed by atoms with Gasteiger partial charge in [0.25, 0.3) is 0 Å². The molecule has 112 valence electrons. The Hall–Kier alpha value is -0.390. The van der Waals surface area contributed by atoms with E-state index in [1.54, 1.807) is 0 Å². The highest BCUT2D eigenvalue weighted by Crippen LogP contribution is 2.31. The molecule has 0 heterocycles. The fourth-order valence-corrected chi connectivity index (χ4v) is 3.40. The Kier molecular flexibility index (Phi) is 5.49. The third-order valence-corrected chi connectivity index (χ3v) is 5.06. The molecule has 0 radical (unpaired) electrons. The Bertz CT molecular complexity index is 614. The number of hydrogen-bond acceptors (Lipinski definition) is 1. The summed E-state index contributed by atoms with van der Waals surface area (Å²) in [5.74, 6) is 0. The highest BCUT2D eigenvalue weighted by molar-refractivity contribution is 14.1. The maximum atomic E-state index is 3.67. The normalized spacial score (nSPS) is 13.2. The van der Waals surface area contributed by atoms with E-state index in [9.17, 15) is 0 Å². The second kappa shape index (κ2) is 6.80. The minimum Gasteiger partial charge on any atom is -0.309 e. The second-order valence-corrected chi connectivity index (χ2v) is 8.36. The molecule has 21 heavy (non-hydrogen) atoms. The van der Waals surface area contributed by atoms with Crippen molar-refractivity contribution in [1.29, 1.82) is 0 Å². The van der Waals surface area contributed by atoms with Gasteiger partial charge in [0.2, 0.25) is 0 Å². The molecule has 2 rings (SSSR count). The first-order chi connectivity index (χ1) is 9.82. The lowest BCUT2D eigenvalue weighted by atomic mass is 9.86. The van der Waals surface area contributed by atoms with E-state index in [1.165, 1.54) is 20.3 Å². The van der Waals surface area contributed by atoms with Gasteiger partial charge < -0.3 is 5.32 Å². The first-order valence-corrected chi connectivity index (χ1v) is 8.93. The summed E-state index contributed by atoms with van der Waals surface area (Å²) in [4.78, 5) is 0. The van der Waals surface area contributed by atoms with Gasteiger partial charge in [0.05, 0.1) is 6.04 Å². The van der Waals surface area contributed by atoms with Crippen LogP contribution in [0.2, 0.25) is 0 Å². The van der Waals surface area contributed by atoms with Crippen molar-refractivity contribution in [3.05, 3.63) is 67.2 Å². The first kappa shape index (κ1) is 17.0. The van der Waals surface area contributed by atoms with Gasteiger partial charge in [-0.3, -0.25) is 0 Å². The van der Waals surface area contributed by atoms with Crippen LogP contribution in [0.1, 0.15) is 43.5 Å². The fourth-order valence-electron chi connectivity index (χ4n) is 2.41. The fraction of sp³-hybridized carbons (Fsp3) is 0.333. The van der Waals surface area contributed by atoms with Crippen molar-refractivity contribution in [3.63, 3.8) is 0 Å². The van der Waals surface area contributed by atoms with Gasteiger partial charge in [-0.05, 0) is 69.9 Å². The van der Waals surface area contributed by atoms with Gasteiger partial charge in [-0.1, -0.05) is 61.0 Å². The van der Waals surface area contributed by atoms with E-state index in [1.807, 2.05) is 7.05 Å². The molecule has 0 saturated heterocycles. The maximum Gasteiger partial charge on any atom is 0.0585 e. The predicted molar refractivity (Wildman–Crippen MR) is 103 cm³/mol. The van der Waals surface area contributed by atoms with Crippen molar-refractivity contribution >= 4 is 38.5 Å². The highest BCUT2D eigenvalue weighted by atomic mass is 127. The van der Waals surface area contributed by atoms with E-state index in [4.69, 9.17) is 0 Å². The van der Waals surface area contributed by atoms with Gasteiger partial charge in [-0.2, -0.15) is 0 Å². The van der Waals surface area contributed by atoms with Gasteiger partial charge in [-0.25, -0.2) is 0 Å². The first-order valence-electron chi connectivity index (χ1n) is 7.05. The minimum absolute atomic E-state index is 0.191. The summed E-state index contributed by atoms with van der Waals surface area (Å²) in [6, 6.07) is 15.6. The SMILES string of the molecule is CNC(c1ccc(C(C)(C)C)cc1)c1cc(I)ccc1Br. The number of benzene rings is 2. The van der Waals surface area contributed by atoms with E-state index in [-0.39, 0.29) is 11.5 Å². The summed E-state index contributed by atoms with van der Waals surface area (Å²) < 4.78 is 2.39. The van der Waals surface area contributed by atoms with Gasteiger partial charge >= 0.3 is 0 Å². The Balaban J connectivity index is 2.40. The Morgan fingerprint density at radius 2 is 1.67 bits per heavy atom. The molecule has 0 aliphatic rings. The van der Waals surface area contributed by atoms with Crippen LogP contribution in [0.4, 0.5) is 0 Å². The molecule has 0 aliphatic heterocycles. The third-order valence-electron chi connectivity index (χ3n) is 3.67. The van der Waals surface area contributed by atoms with Crippen LogP contribution in [-0.2, 0) is 5.41 Å². The largest absolute Gasteiger partial charge is 0.309 e. The van der Waals surface area contributed by atoms with Gasteiger partial charge in [0.15, 0.2) is 0 Å². The summed E-state index contributed by atoms with van der Waals surface area (Å²) in [7, 11) is 2.01. The summed E-state index contributed by atoms with van der Waals surface area (Å²) >= 11 is 6.03. The van der Waals surface area contributed by atoms with E-state index in [2.05, 4.69) is 107 Å². The van der Waals surface area contributed by atoms with Crippen molar-refractivity contribution in [2.75, 3.05) is 7.05 Å². The van der Waals surface area contributed by atoms with Crippen molar-refractivity contribution in [1.82, 2.24) is 5.32 Å². The van der Waals surface area contributed by atoms with E-state index < -0.39 is 0 Å². The van der Waals surface area contributed by atoms with Gasteiger partial charge in [0.1, 0.15) is 0 Å². The van der Waals surface area contributed by atoms with E-state index in [0.717, 1.165) is 4.47 Å². The topological polar surface area (TPSA) is 12.0 Å². The Labute approximate surface area is 149 Å². The maximum absolute atomic E-state index is 3.67. The Morgan fingerprint density at radius 3 is 2.19 bits per heavy atom. The highest BCUT2D eigenvalue weighted by Gasteiger charge is 2.17. The minimum atomic E-state index is 0.191. The van der Waals surface area contributed by atoms with Crippen molar-refractivity contribution in [2.24, 2.45) is 0 Å². The lowest BCUT2D eigenvalue weighted by Crippen LogP contribution is -2.19. The Morgan fingerprint density at radius 1 is 1.05 bits per heavy atom. The molecule has 1 N–H and O–H groups in total. The number of halogens is 2. The quantitative estimate of drug-likeness (QED) is 0.586. The van der Waals surface area contributed by atoms with Crippen LogP contribution in [0.15, 0.2) is 46.9 Å². The van der Waals surface area contributed by atoms with Crippen LogP contribution in [-0.4, -0.2) is 7.05 Å². The zero-order valence-corrected chi connectivity index (χ0v) is 16.6. The monoisotopic (exact) mass is 457 g/mol. The molecule has 2 aromatic carbocycles. The molecule has 0 amide bonds. The second-order valence-electron chi connectivity index (χ2n) is 6.26. The molecule has 0 bridgehead atoms. The molecule has 2 aromatic rings. The van der Waals surface area contributed by atoms with Crippen LogP contribution < -0.4 is 5.32 Å². The van der Waals surface area contributed by atoms with Crippen LogP contribution in [0.3, 0.4) is 0 Å². The number of rotatable bonds is 3. The summed E-state index contributed by atoms with van der Waals surface area (Å²) in [5.41, 5.74) is 4.11. The van der Waals surface area contributed by atoms with Crippen molar-refractivity contribution in [2.45, 2.75) is 32.2 Å². The number of hydrogen-bond donors (Lipinski definition) is 1. The van der Waals surface area contributed by atoms with Gasteiger partial charge in [-0.15, -0.1) is 0 Å². The third kappa shape index (κ3) is 4.08. The average molecular weight is 458 g/mol. The molecule has 0 aromatic heterocycles. The summed E-state index contributed by atoms with van der Waals surface area (Å²) in [6.45, 7) is 6.73. The van der Waals surface area contributed by atoms with Crippen molar-refractivity contribution < 1.29 is 0 Å². The van der Waals surface area contributed by atoms with Crippen molar-refractivity contribution in [3.8, 4) is 0 Å². The molecular formula is C18H21BrIN. The molecular weight excluding hydrogens is 437 g/mol. The molecule has 0 aliphatic carbocycles. The lowest BCUT2D eigenvalue weighted by molar-refractivity contribution is 0.589. The standard InChI is InChI=1S/C18H21BrIN/c1-18(2,3)13-7-5-12(6-8-13)17(21-4)15-11-14(20)9-10-16(15)19/h5-11,17,21H,1-4H3. The van der Waals surface area contributed by atoms with E-state index >= 15 is 0 Å².